The smallest absolute Gasteiger partial charge is 0.283 e. The van der Waals surface area contributed by atoms with E-state index >= 15 is 0 Å². The van der Waals surface area contributed by atoms with Crippen LogP contribution in [0.4, 0.5) is 4.39 Å². The van der Waals surface area contributed by atoms with Gasteiger partial charge in [-0.25, -0.2) is 9.38 Å². The van der Waals surface area contributed by atoms with Gasteiger partial charge in [-0.1, -0.05) is 37.4 Å². The highest BCUT2D eigenvalue weighted by Gasteiger charge is 2.46. The number of nitrogens with zero attached hydrogens (tertiary/aromatic N) is 1. The summed E-state index contributed by atoms with van der Waals surface area (Å²) >= 11 is 6.07. The van der Waals surface area contributed by atoms with Gasteiger partial charge < -0.3 is 15.2 Å². The Morgan fingerprint density at radius 2 is 2.15 bits per heavy atom. The van der Waals surface area contributed by atoms with Gasteiger partial charge in [-0.15, -0.1) is 0 Å². The number of hydrogen-bond acceptors (Lipinski definition) is 4. The third-order valence-corrected chi connectivity index (χ3v) is 5.48. The second-order valence-electron chi connectivity index (χ2n) is 7.19. The fraction of sp³-hybridized carbons (Fsp3) is 0.381. The highest BCUT2D eigenvalue weighted by atomic mass is 35.5. The highest BCUT2D eigenvalue weighted by molar-refractivity contribution is 6.30. The monoisotopic (exact) mass is 388 g/mol. The molecule has 6 heteroatoms. The van der Waals surface area contributed by atoms with Crippen LogP contribution in [-0.4, -0.2) is 18.7 Å². The zero-order valence-corrected chi connectivity index (χ0v) is 15.9. The van der Waals surface area contributed by atoms with E-state index in [1.807, 2.05) is 18.2 Å². The third kappa shape index (κ3) is 3.36. The molecule has 2 aliphatic heterocycles. The van der Waals surface area contributed by atoms with E-state index < -0.39 is 5.54 Å². The molecule has 2 aromatic rings. The van der Waals surface area contributed by atoms with E-state index in [9.17, 15) is 4.39 Å². The maximum absolute atomic E-state index is 14.4. The first kappa shape index (κ1) is 18.1. The molecule has 0 radical (unpaired) electrons. The van der Waals surface area contributed by atoms with Crippen LogP contribution < -0.4 is 10.5 Å². The fourth-order valence-corrected chi connectivity index (χ4v) is 4.07. The summed E-state index contributed by atoms with van der Waals surface area (Å²) in [5.74, 6) is 0.437. The molecule has 0 amide bonds. The molecule has 4 nitrogen and oxygen atoms in total. The predicted octanol–water partition coefficient (Wildman–Crippen LogP) is 5.03. The lowest BCUT2D eigenvalue weighted by atomic mass is 9.81. The Morgan fingerprint density at radius 1 is 1.30 bits per heavy atom. The summed E-state index contributed by atoms with van der Waals surface area (Å²) in [7, 11) is 0. The Kier molecular flexibility index (Phi) is 4.72. The van der Waals surface area contributed by atoms with Gasteiger partial charge in [0, 0.05) is 22.6 Å². The van der Waals surface area contributed by atoms with Gasteiger partial charge in [0.2, 0.25) is 0 Å². The van der Waals surface area contributed by atoms with Crippen LogP contribution in [0.1, 0.15) is 38.2 Å². The van der Waals surface area contributed by atoms with Crippen molar-refractivity contribution >= 4 is 17.6 Å². The molecule has 1 unspecified atom stereocenters. The second kappa shape index (κ2) is 7.04. The van der Waals surface area contributed by atoms with Crippen LogP contribution in [0.3, 0.4) is 0 Å². The van der Waals surface area contributed by atoms with Crippen molar-refractivity contribution in [3.8, 4) is 16.9 Å². The Morgan fingerprint density at radius 3 is 2.89 bits per heavy atom. The minimum Gasteiger partial charge on any atom is -0.490 e. The van der Waals surface area contributed by atoms with Gasteiger partial charge >= 0.3 is 0 Å². The number of nitrogens with two attached hydrogens (primary N) is 1. The van der Waals surface area contributed by atoms with E-state index in [-0.39, 0.29) is 17.9 Å². The lowest BCUT2D eigenvalue weighted by molar-refractivity contribution is 0.0988. The minimum absolute atomic E-state index is 0.0597. The molecule has 2 atom stereocenters. The minimum atomic E-state index is -0.582. The van der Waals surface area contributed by atoms with Crippen LogP contribution in [0.2, 0.25) is 5.02 Å². The van der Waals surface area contributed by atoms with E-state index in [2.05, 4.69) is 11.9 Å². The summed E-state index contributed by atoms with van der Waals surface area (Å²) in [5, 5.41) is 0.487. The Balaban J connectivity index is 1.79. The molecule has 0 aromatic heterocycles. The largest absolute Gasteiger partial charge is 0.490 e. The molecule has 0 bridgehead atoms. The first-order valence-electron chi connectivity index (χ1n) is 9.25. The normalized spacial score (nSPS) is 23.5. The van der Waals surface area contributed by atoms with E-state index in [0.717, 1.165) is 36.1 Å². The van der Waals surface area contributed by atoms with E-state index in [1.54, 1.807) is 6.07 Å². The lowest BCUT2D eigenvalue weighted by Gasteiger charge is -2.37. The zero-order chi connectivity index (χ0) is 19.0. The van der Waals surface area contributed by atoms with E-state index in [4.69, 9.17) is 26.8 Å². The molecule has 0 saturated carbocycles. The zero-order valence-electron chi connectivity index (χ0n) is 15.2. The van der Waals surface area contributed by atoms with Gasteiger partial charge in [0.25, 0.3) is 6.02 Å². The second-order valence-corrected chi connectivity index (χ2v) is 7.63. The maximum Gasteiger partial charge on any atom is 0.283 e. The van der Waals surface area contributed by atoms with Gasteiger partial charge in [0.05, 0.1) is 0 Å². The molecule has 2 aromatic carbocycles. The predicted molar refractivity (Wildman–Crippen MR) is 105 cm³/mol. The maximum atomic E-state index is 14.4. The Bertz CT molecular complexity index is 902. The summed E-state index contributed by atoms with van der Waals surface area (Å²) in [6.07, 6.45) is 3.90. The standard InChI is InChI=1S/C21H22ClFN2O2/c1-2-3-4-15-11-21(12-26-20(24)25-21)17-9-13(5-8-19(17)27-15)16-10-14(22)6-7-18(16)23/h5-10,15H,2-4,11-12H2,1H3,(H2,24,25)/t15-,21?/m0/s1. The summed E-state index contributed by atoms with van der Waals surface area (Å²) in [6.45, 7) is 2.53. The average molecular weight is 389 g/mol. The number of amidine groups is 1. The van der Waals surface area contributed by atoms with Crippen LogP contribution in [0, 0.1) is 5.82 Å². The molecule has 0 fully saturated rings. The van der Waals surface area contributed by atoms with Crippen LogP contribution in [-0.2, 0) is 10.3 Å². The molecule has 2 N–H and O–H groups in total. The molecule has 2 aliphatic rings. The fourth-order valence-electron chi connectivity index (χ4n) is 3.89. The number of benzene rings is 2. The molecular formula is C21H22ClFN2O2. The van der Waals surface area contributed by atoms with Crippen molar-refractivity contribution in [1.82, 2.24) is 0 Å². The van der Waals surface area contributed by atoms with Crippen LogP contribution >= 0.6 is 11.6 Å². The first-order chi connectivity index (χ1) is 13.0. The number of hydrogen-bond donors (Lipinski definition) is 1. The van der Waals surface area contributed by atoms with Gasteiger partial charge in [-0.2, -0.15) is 0 Å². The van der Waals surface area contributed by atoms with Gasteiger partial charge in [0.1, 0.15) is 29.8 Å². The quantitative estimate of drug-likeness (QED) is 0.799. The topological polar surface area (TPSA) is 56.8 Å². The summed E-state index contributed by atoms with van der Waals surface area (Å²) in [4.78, 5) is 4.63. The molecule has 27 heavy (non-hydrogen) atoms. The molecule has 142 valence electrons. The van der Waals surface area contributed by atoms with Crippen LogP contribution in [0.25, 0.3) is 11.1 Å². The molecule has 2 heterocycles. The van der Waals surface area contributed by atoms with E-state index in [1.165, 1.54) is 12.1 Å². The van der Waals surface area contributed by atoms with Gasteiger partial charge in [-0.3, -0.25) is 0 Å². The van der Waals surface area contributed by atoms with Crippen molar-refractivity contribution in [2.24, 2.45) is 10.7 Å². The molecular weight excluding hydrogens is 367 g/mol. The molecule has 4 rings (SSSR count). The van der Waals surface area contributed by atoms with Crippen molar-refractivity contribution in [3.05, 3.63) is 52.8 Å². The van der Waals surface area contributed by atoms with Crippen molar-refractivity contribution in [3.63, 3.8) is 0 Å². The van der Waals surface area contributed by atoms with Crippen molar-refractivity contribution in [2.45, 2.75) is 44.2 Å². The van der Waals surface area contributed by atoms with Crippen molar-refractivity contribution in [2.75, 3.05) is 6.61 Å². The van der Waals surface area contributed by atoms with Crippen molar-refractivity contribution in [1.29, 1.82) is 0 Å². The van der Waals surface area contributed by atoms with E-state index in [0.29, 0.717) is 23.6 Å². The highest BCUT2D eigenvalue weighted by Crippen LogP contribution is 2.47. The number of aliphatic imine (C=N–C) groups is 1. The first-order valence-corrected chi connectivity index (χ1v) is 9.63. The molecule has 0 saturated heterocycles. The van der Waals surface area contributed by atoms with Crippen LogP contribution in [0.5, 0.6) is 5.75 Å². The van der Waals surface area contributed by atoms with Crippen LogP contribution in [0.15, 0.2) is 41.4 Å². The van der Waals surface area contributed by atoms with Gasteiger partial charge in [0.15, 0.2) is 0 Å². The number of rotatable bonds is 4. The number of ether oxygens (including phenoxy) is 2. The number of unbranched alkanes of at least 4 members (excludes halogenated alkanes) is 1. The molecule has 1 spiro atoms. The summed E-state index contributed by atoms with van der Waals surface area (Å²) < 4.78 is 26.1. The SMILES string of the molecule is CCCC[C@H]1CC2(COC(N)=N2)c2cc(-c3cc(Cl)ccc3F)ccc2O1. The summed E-state index contributed by atoms with van der Waals surface area (Å²) in [6, 6.07) is 10.4. The number of fused-ring (bicyclic) bond motifs is 2. The third-order valence-electron chi connectivity index (χ3n) is 5.24. The Labute approximate surface area is 163 Å². The Hall–Kier alpha value is -2.27. The summed E-state index contributed by atoms with van der Waals surface area (Å²) in [5.41, 5.74) is 7.32. The lowest BCUT2D eigenvalue weighted by Crippen LogP contribution is -2.38. The van der Waals surface area contributed by atoms with Crippen molar-refractivity contribution < 1.29 is 13.9 Å². The van der Waals surface area contributed by atoms with Gasteiger partial charge in [-0.05, 0) is 42.3 Å². The molecule has 0 aliphatic carbocycles. The number of halogens is 2. The average Bonchev–Trinajstić information content (AvgIpc) is 3.03.